The number of hydrogen-bond donors (Lipinski definition) is 0. The van der Waals surface area contributed by atoms with Gasteiger partial charge in [0.25, 0.3) is 0 Å². The molecule has 1 rings (SSSR count). The highest BCUT2D eigenvalue weighted by Crippen LogP contribution is 2.22. The molecule has 0 heterocycles. The summed E-state index contributed by atoms with van der Waals surface area (Å²) in [7, 11) is 0. The smallest absolute Gasteiger partial charge is 0.150 e. The average Bonchev–Trinajstić information content (AvgIpc) is 2.33. The van der Waals surface area contributed by atoms with Gasteiger partial charge < -0.3 is 24.0 Å². The van der Waals surface area contributed by atoms with Gasteiger partial charge in [-0.15, -0.1) is 0 Å². The lowest BCUT2D eigenvalue weighted by Crippen LogP contribution is -3.00. The van der Waals surface area contributed by atoms with Crippen LogP contribution in [0.4, 0.5) is 5.69 Å². The number of hydrogen-bond acceptors (Lipinski definition) is 1. The SMILES string of the molecule is CC[N+](CC)(CC)c1ccc(C=O)cc1.[I-]. The highest BCUT2D eigenvalue weighted by Gasteiger charge is 2.23. The number of rotatable bonds is 5. The van der Waals surface area contributed by atoms with Gasteiger partial charge >= 0.3 is 0 Å². The van der Waals surface area contributed by atoms with E-state index < -0.39 is 0 Å². The van der Waals surface area contributed by atoms with E-state index in [0.717, 1.165) is 36.0 Å². The van der Waals surface area contributed by atoms with Crippen LogP contribution in [0.15, 0.2) is 24.3 Å². The van der Waals surface area contributed by atoms with Gasteiger partial charge in [0.1, 0.15) is 12.0 Å². The molecule has 16 heavy (non-hydrogen) atoms. The van der Waals surface area contributed by atoms with Gasteiger partial charge in [-0.2, -0.15) is 0 Å². The third kappa shape index (κ3) is 3.04. The van der Waals surface area contributed by atoms with Crippen molar-refractivity contribution in [2.24, 2.45) is 0 Å². The monoisotopic (exact) mass is 333 g/mol. The molecule has 0 unspecified atom stereocenters. The zero-order chi connectivity index (χ0) is 11.3. The van der Waals surface area contributed by atoms with Gasteiger partial charge in [0.2, 0.25) is 0 Å². The van der Waals surface area contributed by atoms with Gasteiger partial charge in [0.05, 0.1) is 19.6 Å². The number of quaternary nitrogens is 1. The van der Waals surface area contributed by atoms with E-state index in [0.29, 0.717) is 0 Å². The Balaban J connectivity index is 0.00000225. The zero-order valence-electron chi connectivity index (χ0n) is 10.2. The molecule has 0 fully saturated rings. The van der Waals surface area contributed by atoms with E-state index in [1.54, 1.807) is 0 Å². The van der Waals surface area contributed by atoms with Crippen LogP contribution in [-0.4, -0.2) is 25.9 Å². The van der Waals surface area contributed by atoms with Crippen molar-refractivity contribution < 1.29 is 28.8 Å². The summed E-state index contributed by atoms with van der Waals surface area (Å²) in [5, 5.41) is 0. The normalized spacial score (nSPS) is 10.7. The third-order valence-electron chi connectivity index (χ3n) is 3.39. The quantitative estimate of drug-likeness (QED) is 0.417. The van der Waals surface area contributed by atoms with Crippen molar-refractivity contribution in [1.82, 2.24) is 4.48 Å². The van der Waals surface area contributed by atoms with Gasteiger partial charge in [0, 0.05) is 5.56 Å². The summed E-state index contributed by atoms with van der Waals surface area (Å²) in [6, 6.07) is 7.94. The van der Waals surface area contributed by atoms with E-state index in [1.807, 2.05) is 12.1 Å². The molecule has 0 amide bonds. The first-order valence-corrected chi connectivity index (χ1v) is 5.64. The summed E-state index contributed by atoms with van der Waals surface area (Å²) in [6.45, 7) is 9.90. The Morgan fingerprint density at radius 3 is 1.75 bits per heavy atom. The first-order valence-electron chi connectivity index (χ1n) is 5.64. The third-order valence-corrected chi connectivity index (χ3v) is 3.39. The van der Waals surface area contributed by atoms with Crippen LogP contribution >= 0.6 is 0 Å². The first-order chi connectivity index (χ1) is 7.22. The van der Waals surface area contributed by atoms with Crippen LogP contribution in [0, 0.1) is 0 Å². The second-order valence-corrected chi connectivity index (χ2v) is 3.80. The van der Waals surface area contributed by atoms with Gasteiger partial charge in [-0.3, -0.25) is 9.28 Å². The molecule has 90 valence electrons. The largest absolute Gasteiger partial charge is 1.00 e. The molecular weight excluding hydrogens is 313 g/mol. The predicted molar refractivity (Wildman–Crippen MR) is 65.2 cm³/mol. The zero-order valence-corrected chi connectivity index (χ0v) is 12.4. The molecule has 0 bridgehead atoms. The van der Waals surface area contributed by atoms with Crippen molar-refractivity contribution in [1.29, 1.82) is 0 Å². The summed E-state index contributed by atoms with van der Waals surface area (Å²) in [6.07, 6.45) is 0.891. The number of halogens is 1. The van der Waals surface area contributed by atoms with Gasteiger partial charge in [0.15, 0.2) is 0 Å². The number of carbonyl (C=O) groups is 1. The lowest BCUT2D eigenvalue weighted by Gasteiger charge is -2.35. The minimum absolute atomic E-state index is 0. The van der Waals surface area contributed by atoms with E-state index in [4.69, 9.17) is 0 Å². The molecule has 0 N–H and O–H groups in total. The molecule has 2 nitrogen and oxygen atoms in total. The molecule has 0 aliphatic carbocycles. The molecule has 0 aliphatic rings. The topological polar surface area (TPSA) is 17.1 Å². The van der Waals surface area contributed by atoms with Crippen LogP contribution in [0.2, 0.25) is 0 Å². The van der Waals surface area contributed by atoms with E-state index in [1.165, 1.54) is 5.69 Å². The Labute approximate surface area is 115 Å². The highest BCUT2D eigenvalue weighted by molar-refractivity contribution is 5.75. The van der Waals surface area contributed by atoms with E-state index in [2.05, 4.69) is 32.9 Å². The molecule has 0 radical (unpaired) electrons. The number of aldehydes is 1. The van der Waals surface area contributed by atoms with Crippen molar-refractivity contribution in [2.45, 2.75) is 20.8 Å². The Hall–Kier alpha value is -0.420. The fraction of sp³-hybridized carbons (Fsp3) is 0.462. The Bertz CT molecular complexity index is 309. The summed E-state index contributed by atoms with van der Waals surface area (Å²) in [5.41, 5.74) is 2.05. The van der Waals surface area contributed by atoms with Crippen LogP contribution in [0.1, 0.15) is 31.1 Å². The maximum absolute atomic E-state index is 10.6. The highest BCUT2D eigenvalue weighted by atomic mass is 127. The van der Waals surface area contributed by atoms with Crippen LogP contribution in [-0.2, 0) is 0 Å². The number of benzene rings is 1. The second-order valence-electron chi connectivity index (χ2n) is 3.80. The minimum atomic E-state index is 0. The Morgan fingerprint density at radius 1 is 1.00 bits per heavy atom. The second kappa shape index (κ2) is 7.01. The summed E-state index contributed by atoms with van der Waals surface area (Å²) in [5.74, 6) is 0. The van der Waals surface area contributed by atoms with Crippen molar-refractivity contribution in [3.63, 3.8) is 0 Å². The molecule has 0 saturated carbocycles. The standard InChI is InChI=1S/C13H20NO.HI/c1-4-14(5-2,6-3)13-9-7-12(11-15)8-10-13;/h7-11H,4-6H2,1-3H3;1H/q+1;/p-1. The van der Waals surface area contributed by atoms with Gasteiger partial charge in [-0.05, 0) is 45.0 Å². The van der Waals surface area contributed by atoms with Crippen LogP contribution in [0.5, 0.6) is 0 Å². The lowest BCUT2D eigenvalue weighted by molar-refractivity contribution is -0.00000965. The average molecular weight is 333 g/mol. The maximum Gasteiger partial charge on any atom is 0.150 e. The van der Waals surface area contributed by atoms with Crippen LogP contribution in [0.25, 0.3) is 0 Å². The van der Waals surface area contributed by atoms with Crippen molar-refractivity contribution in [3.05, 3.63) is 29.8 Å². The number of nitrogens with zero attached hydrogens (tertiary/aromatic N) is 1. The first kappa shape index (κ1) is 15.6. The Kier molecular flexibility index (Phi) is 6.83. The van der Waals surface area contributed by atoms with Gasteiger partial charge in [-0.25, -0.2) is 0 Å². The van der Waals surface area contributed by atoms with Crippen LogP contribution in [0.3, 0.4) is 0 Å². The van der Waals surface area contributed by atoms with E-state index in [-0.39, 0.29) is 24.0 Å². The lowest BCUT2D eigenvalue weighted by atomic mass is 10.1. The molecule has 0 saturated heterocycles. The maximum atomic E-state index is 10.6. The fourth-order valence-corrected chi connectivity index (χ4v) is 2.09. The summed E-state index contributed by atoms with van der Waals surface area (Å²) >= 11 is 0. The summed E-state index contributed by atoms with van der Waals surface area (Å²) < 4.78 is 0.985. The van der Waals surface area contributed by atoms with Crippen LogP contribution < -0.4 is 28.5 Å². The van der Waals surface area contributed by atoms with Crippen molar-refractivity contribution in [2.75, 3.05) is 19.6 Å². The van der Waals surface area contributed by atoms with Gasteiger partial charge in [-0.1, -0.05) is 0 Å². The molecule has 0 aliphatic heterocycles. The molecular formula is C13H20INO. The fourth-order valence-electron chi connectivity index (χ4n) is 2.09. The van der Waals surface area contributed by atoms with E-state index >= 15 is 0 Å². The molecule has 0 aromatic heterocycles. The summed E-state index contributed by atoms with van der Waals surface area (Å²) in [4.78, 5) is 10.6. The number of carbonyl (C=O) groups excluding carboxylic acids is 1. The molecule has 3 heteroatoms. The molecule has 1 aromatic carbocycles. The van der Waals surface area contributed by atoms with E-state index in [9.17, 15) is 4.79 Å². The molecule has 1 aromatic rings. The molecule has 0 atom stereocenters. The Morgan fingerprint density at radius 2 is 1.44 bits per heavy atom. The predicted octanol–water partition coefficient (Wildman–Crippen LogP) is -0.130. The molecule has 0 spiro atoms. The van der Waals surface area contributed by atoms with Crippen molar-refractivity contribution >= 4 is 12.0 Å². The van der Waals surface area contributed by atoms with Crippen molar-refractivity contribution in [3.8, 4) is 0 Å². The minimum Gasteiger partial charge on any atom is -1.00 e.